The minimum Gasteiger partial charge on any atom is -0.494 e. The van der Waals surface area contributed by atoms with Crippen LogP contribution in [0.2, 0.25) is 10.3 Å². The smallest absolute Gasteiger partial charge is 0.340 e. The second-order valence-electron chi connectivity index (χ2n) is 3.98. The van der Waals surface area contributed by atoms with Crippen molar-refractivity contribution in [3.8, 4) is 16.9 Å². The van der Waals surface area contributed by atoms with Crippen molar-refractivity contribution in [2.45, 2.75) is 6.92 Å². The summed E-state index contributed by atoms with van der Waals surface area (Å²) in [5.41, 5.74) is 1.39. The number of hydrogen-bond donors (Lipinski definition) is 0. The van der Waals surface area contributed by atoms with Crippen LogP contribution in [0.5, 0.6) is 5.75 Å². The molecule has 2 aromatic rings. The number of hydrogen-bond acceptors (Lipinski definition) is 5. The Kier molecular flexibility index (Phi) is 4.98. The molecule has 2 heterocycles. The molecule has 21 heavy (non-hydrogen) atoms. The van der Waals surface area contributed by atoms with Crippen LogP contribution in [0.15, 0.2) is 24.5 Å². The summed E-state index contributed by atoms with van der Waals surface area (Å²) in [6.45, 7) is 1.99. The highest BCUT2D eigenvalue weighted by atomic mass is 35.5. The van der Waals surface area contributed by atoms with Crippen LogP contribution in [0.25, 0.3) is 11.1 Å². The first-order valence-corrected chi connectivity index (χ1v) is 6.85. The van der Waals surface area contributed by atoms with Gasteiger partial charge in [-0.1, -0.05) is 23.2 Å². The molecule has 0 spiro atoms. The van der Waals surface area contributed by atoms with E-state index >= 15 is 0 Å². The van der Waals surface area contributed by atoms with Gasteiger partial charge < -0.3 is 9.47 Å². The number of pyridine rings is 2. The van der Waals surface area contributed by atoms with E-state index in [2.05, 4.69) is 9.97 Å². The number of methoxy groups -OCH3 is 1. The second-order valence-corrected chi connectivity index (χ2v) is 4.75. The average Bonchev–Trinajstić information content (AvgIpc) is 2.47. The predicted octanol–water partition coefficient (Wildman–Crippen LogP) is 3.64. The maximum atomic E-state index is 12.0. The molecule has 0 aromatic carbocycles. The van der Waals surface area contributed by atoms with Gasteiger partial charge in [-0.15, -0.1) is 0 Å². The van der Waals surface area contributed by atoms with E-state index in [0.29, 0.717) is 16.9 Å². The van der Waals surface area contributed by atoms with Gasteiger partial charge in [0, 0.05) is 17.3 Å². The normalized spacial score (nSPS) is 10.3. The van der Waals surface area contributed by atoms with Crippen LogP contribution >= 0.6 is 23.2 Å². The third kappa shape index (κ3) is 3.43. The number of rotatable bonds is 4. The van der Waals surface area contributed by atoms with Gasteiger partial charge in [0.25, 0.3) is 0 Å². The van der Waals surface area contributed by atoms with Crippen molar-refractivity contribution in [3.63, 3.8) is 0 Å². The molecule has 0 aliphatic carbocycles. The predicted molar refractivity (Wildman–Crippen MR) is 80.0 cm³/mol. The van der Waals surface area contributed by atoms with Gasteiger partial charge in [0.15, 0.2) is 0 Å². The molecule has 7 heteroatoms. The second kappa shape index (κ2) is 6.74. The molecule has 0 bridgehead atoms. The molecule has 110 valence electrons. The molecule has 0 unspecified atom stereocenters. The van der Waals surface area contributed by atoms with Crippen molar-refractivity contribution in [2.75, 3.05) is 13.7 Å². The Morgan fingerprint density at radius 2 is 1.76 bits per heavy atom. The topological polar surface area (TPSA) is 61.3 Å². The molecule has 2 rings (SSSR count). The van der Waals surface area contributed by atoms with E-state index in [4.69, 9.17) is 32.7 Å². The zero-order chi connectivity index (χ0) is 15.4. The number of esters is 1. The number of carbonyl (C=O) groups excluding carboxylic acids is 1. The van der Waals surface area contributed by atoms with Gasteiger partial charge in [-0.3, -0.25) is 0 Å². The van der Waals surface area contributed by atoms with Crippen molar-refractivity contribution in [3.05, 3.63) is 40.4 Å². The van der Waals surface area contributed by atoms with Crippen molar-refractivity contribution in [1.82, 2.24) is 9.97 Å². The summed E-state index contributed by atoms with van der Waals surface area (Å²) in [5.74, 6) is -0.0288. The molecule has 0 amide bonds. The van der Waals surface area contributed by atoms with E-state index in [9.17, 15) is 4.79 Å². The number of nitrogens with zero attached hydrogens (tertiary/aromatic N) is 2. The van der Waals surface area contributed by atoms with Crippen molar-refractivity contribution < 1.29 is 14.3 Å². The Bertz CT molecular complexity index is 677. The summed E-state index contributed by atoms with van der Waals surface area (Å²) < 4.78 is 10.3. The number of halogens is 2. The van der Waals surface area contributed by atoms with Crippen LogP contribution in [0.3, 0.4) is 0 Å². The summed E-state index contributed by atoms with van der Waals surface area (Å²) in [6.07, 6.45) is 2.84. The maximum absolute atomic E-state index is 12.0. The van der Waals surface area contributed by atoms with Gasteiger partial charge >= 0.3 is 5.97 Å². The minimum atomic E-state index is -0.494. The van der Waals surface area contributed by atoms with Crippen molar-refractivity contribution >= 4 is 29.2 Å². The Balaban J connectivity index is 2.65. The third-order valence-corrected chi connectivity index (χ3v) is 3.12. The lowest BCUT2D eigenvalue weighted by molar-refractivity contribution is 0.0527. The Morgan fingerprint density at radius 3 is 2.38 bits per heavy atom. The third-order valence-electron chi connectivity index (χ3n) is 2.71. The number of carbonyl (C=O) groups is 1. The highest BCUT2D eigenvalue weighted by molar-refractivity contribution is 6.30. The minimum absolute atomic E-state index is 0.244. The quantitative estimate of drug-likeness (QED) is 0.634. The zero-order valence-corrected chi connectivity index (χ0v) is 12.9. The van der Waals surface area contributed by atoms with E-state index in [-0.39, 0.29) is 22.5 Å². The largest absolute Gasteiger partial charge is 0.494 e. The first-order valence-electron chi connectivity index (χ1n) is 6.09. The van der Waals surface area contributed by atoms with Crippen LogP contribution < -0.4 is 4.74 Å². The Labute approximate surface area is 131 Å². The van der Waals surface area contributed by atoms with Gasteiger partial charge in [0.2, 0.25) is 0 Å². The first-order chi connectivity index (χ1) is 10.1. The van der Waals surface area contributed by atoms with Crippen LogP contribution in [0.1, 0.15) is 17.3 Å². The van der Waals surface area contributed by atoms with E-state index in [1.807, 2.05) is 0 Å². The van der Waals surface area contributed by atoms with Crippen LogP contribution in [0.4, 0.5) is 0 Å². The summed E-state index contributed by atoms with van der Waals surface area (Å²) in [7, 11) is 1.50. The molecule has 2 aromatic heterocycles. The van der Waals surface area contributed by atoms with E-state index in [1.165, 1.54) is 19.5 Å². The average molecular weight is 327 g/mol. The maximum Gasteiger partial charge on any atom is 0.340 e. The molecule has 0 aliphatic rings. The summed E-state index contributed by atoms with van der Waals surface area (Å²) in [5, 5.41) is 0.515. The van der Waals surface area contributed by atoms with Gasteiger partial charge in [-0.05, 0) is 19.1 Å². The number of aromatic nitrogens is 2. The van der Waals surface area contributed by atoms with E-state index in [0.717, 1.165) is 0 Å². The molecule has 5 nitrogen and oxygen atoms in total. The molecule has 0 saturated heterocycles. The Hall–Kier alpha value is -1.85. The standard InChI is InChI=1S/C14H12Cl2N2O3/c1-3-21-14(19)10-6-17-12(15)4-8(10)9-5-13(16)18-7-11(9)20-2/h4-7H,3H2,1-2H3. The van der Waals surface area contributed by atoms with Crippen LogP contribution in [-0.4, -0.2) is 29.7 Å². The lowest BCUT2D eigenvalue weighted by atomic mass is 10.0. The van der Waals surface area contributed by atoms with Crippen molar-refractivity contribution in [2.24, 2.45) is 0 Å². The zero-order valence-electron chi connectivity index (χ0n) is 11.4. The fraction of sp³-hybridized carbons (Fsp3) is 0.214. The summed E-state index contributed by atoms with van der Waals surface area (Å²) in [6, 6.07) is 3.15. The fourth-order valence-electron chi connectivity index (χ4n) is 1.81. The van der Waals surface area contributed by atoms with Gasteiger partial charge in [-0.2, -0.15) is 0 Å². The molecule has 0 radical (unpaired) electrons. The van der Waals surface area contributed by atoms with Crippen LogP contribution in [0, 0.1) is 0 Å². The molecule has 0 fully saturated rings. The summed E-state index contributed by atoms with van der Waals surface area (Å²) in [4.78, 5) is 19.9. The fourth-order valence-corrected chi connectivity index (χ4v) is 2.13. The molecule has 0 aliphatic heterocycles. The lowest BCUT2D eigenvalue weighted by Crippen LogP contribution is -2.07. The van der Waals surface area contributed by atoms with Gasteiger partial charge in [-0.25, -0.2) is 14.8 Å². The molecule has 0 atom stereocenters. The molecular weight excluding hydrogens is 315 g/mol. The lowest BCUT2D eigenvalue weighted by Gasteiger charge is -2.12. The number of ether oxygens (including phenoxy) is 2. The summed E-state index contributed by atoms with van der Waals surface area (Å²) >= 11 is 11.9. The van der Waals surface area contributed by atoms with Crippen LogP contribution in [-0.2, 0) is 4.74 Å². The highest BCUT2D eigenvalue weighted by Crippen LogP contribution is 2.34. The van der Waals surface area contributed by atoms with Gasteiger partial charge in [0.05, 0.1) is 25.5 Å². The van der Waals surface area contributed by atoms with Crippen molar-refractivity contribution in [1.29, 1.82) is 0 Å². The molecule has 0 saturated carbocycles. The molecular formula is C14H12Cl2N2O3. The Morgan fingerprint density at radius 1 is 1.14 bits per heavy atom. The SMILES string of the molecule is CCOC(=O)c1cnc(Cl)cc1-c1cc(Cl)ncc1OC. The molecule has 0 N–H and O–H groups in total. The van der Waals surface area contributed by atoms with E-state index in [1.54, 1.807) is 19.1 Å². The monoisotopic (exact) mass is 326 g/mol. The van der Waals surface area contributed by atoms with E-state index < -0.39 is 5.97 Å². The first kappa shape index (κ1) is 15.5. The highest BCUT2D eigenvalue weighted by Gasteiger charge is 2.18. The van der Waals surface area contributed by atoms with Gasteiger partial charge in [0.1, 0.15) is 16.1 Å².